The molecule has 1 amide bonds. The molecule has 5 nitrogen and oxygen atoms in total. The molecule has 1 fully saturated rings. The highest BCUT2D eigenvalue weighted by Gasteiger charge is 2.69. The molecule has 1 heterocycles. The lowest BCUT2D eigenvalue weighted by Crippen LogP contribution is -2.40. The van der Waals surface area contributed by atoms with Crippen molar-refractivity contribution >= 4 is 23.2 Å². The molecule has 6 heteroatoms. The summed E-state index contributed by atoms with van der Waals surface area (Å²) in [7, 11) is 0. The first-order chi connectivity index (χ1) is 11.1. The molecule has 1 aliphatic heterocycles. The van der Waals surface area contributed by atoms with Crippen LogP contribution in [0.2, 0.25) is 5.02 Å². The lowest BCUT2D eigenvalue weighted by atomic mass is 9.96. The third kappa shape index (κ3) is 2.19. The number of carbonyl (C=O) groups excluding carboxylic acids is 1. The van der Waals surface area contributed by atoms with Crippen LogP contribution in [0.3, 0.4) is 0 Å². The molecule has 116 valence electrons. The second-order valence-corrected chi connectivity index (χ2v) is 6.29. The van der Waals surface area contributed by atoms with E-state index in [4.69, 9.17) is 16.3 Å². The fraction of sp³-hybridized carbons (Fsp3) is 0.235. The van der Waals surface area contributed by atoms with Gasteiger partial charge in [-0.1, -0.05) is 35.0 Å². The number of ether oxygens (including phenoxy) is 1. The maximum Gasteiger partial charge on any atom is 0.268 e. The summed E-state index contributed by atoms with van der Waals surface area (Å²) in [5, 5.41) is 6.66. The summed E-state index contributed by atoms with van der Waals surface area (Å²) in [6.45, 7) is 0. The van der Waals surface area contributed by atoms with E-state index in [1.807, 2.05) is 18.2 Å². The van der Waals surface area contributed by atoms with Gasteiger partial charge in [-0.25, -0.2) is 0 Å². The van der Waals surface area contributed by atoms with Gasteiger partial charge in [-0.2, -0.15) is 4.91 Å². The van der Waals surface area contributed by atoms with E-state index >= 15 is 0 Å². The molecule has 23 heavy (non-hydrogen) atoms. The van der Waals surface area contributed by atoms with Crippen LogP contribution in [0.25, 0.3) is 0 Å². The van der Waals surface area contributed by atoms with Gasteiger partial charge in [0.25, 0.3) is 5.91 Å². The Morgan fingerprint density at radius 1 is 1.22 bits per heavy atom. The molecule has 0 bridgehead atoms. The number of fused-ring (bicyclic) bond motifs is 2. The van der Waals surface area contributed by atoms with E-state index < -0.39 is 11.6 Å². The van der Waals surface area contributed by atoms with E-state index in [1.165, 1.54) is 0 Å². The average Bonchev–Trinajstić information content (AvgIpc) is 3.30. The second-order valence-electron chi connectivity index (χ2n) is 5.85. The van der Waals surface area contributed by atoms with Crippen LogP contribution in [0, 0.1) is 10.8 Å². The van der Waals surface area contributed by atoms with Gasteiger partial charge in [-0.15, -0.1) is 0 Å². The normalized spacial score (nSPS) is 27.2. The SMILES string of the molecule is O=NC1c2ccccc2OC2(C(=O)Nc3ccc(Cl)cc3)CC12. The van der Waals surface area contributed by atoms with Gasteiger partial charge in [0.1, 0.15) is 11.8 Å². The predicted molar refractivity (Wildman–Crippen MR) is 86.5 cm³/mol. The molecule has 3 atom stereocenters. The quantitative estimate of drug-likeness (QED) is 0.868. The van der Waals surface area contributed by atoms with E-state index in [9.17, 15) is 9.70 Å². The molecule has 2 aromatic rings. The maximum absolute atomic E-state index is 12.7. The Morgan fingerprint density at radius 2 is 1.96 bits per heavy atom. The number of halogens is 1. The van der Waals surface area contributed by atoms with Crippen molar-refractivity contribution in [3.63, 3.8) is 0 Å². The Labute approximate surface area is 137 Å². The van der Waals surface area contributed by atoms with Crippen molar-refractivity contribution in [2.45, 2.75) is 18.1 Å². The third-order valence-electron chi connectivity index (χ3n) is 4.47. The summed E-state index contributed by atoms with van der Waals surface area (Å²) in [6, 6.07) is 13.5. The minimum Gasteiger partial charge on any atom is -0.477 e. The molecule has 1 N–H and O–H groups in total. The summed E-state index contributed by atoms with van der Waals surface area (Å²) < 4.78 is 5.95. The van der Waals surface area contributed by atoms with Crippen molar-refractivity contribution in [1.29, 1.82) is 0 Å². The Hall–Kier alpha value is -2.40. The molecule has 3 unspecified atom stereocenters. The summed E-state index contributed by atoms with van der Waals surface area (Å²) >= 11 is 5.84. The van der Waals surface area contributed by atoms with Crippen LogP contribution in [0.4, 0.5) is 5.69 Å². The van der Waals surface area contributed by atoms with Gasteiger partial charge < -0.3 is 10.1 Å². The van der Waals surface area contributed by atoms with Crippen LogP contribution in [0.1, 0.15) is 18.0 Å². The number of anilines is 1. The zero-order valence-corrected chi connectivity index (χ0v) is 12.8. The first-order valence-corrected chi connectivity index (χ1v) is 7.69. The molecule has 0 spiro atoms. The second kappa shape index (κ2) is 5.06. The standard InChI is InChI=1S/C17H13ClN2O3/c18-10-5-7-11(8-6-10)19-16(21)17-9-13(17)15(20-22)12-3-1-2-4-14(12)23-17/h1-8,13,15H,9H2,(H,19,21). The molecule has 2 aliphatic rings. The summed E-state index contributed by atoms with van der Waals surface area (Å²) in [4.78, 5) is 23.9. The highest BCUT2D eigenvalue weighted by atomic mass is 35.5. The molecule has 0 aromatic heterocycles. The number of hydrogen-bond acceptors (Lipinski definition) is 4. The number of nitroso groups, excluding NO2 is 1. The molecular formula is C17H13ClN2O3. The molecule has 2 aromatic carbocycles. The first kappa shape index (κ1) is 14.2. The topological polar surface area (TPSA) is 67.8 Å². The predicted octanol–water partition coefficient (Wildman–Crippen LogP) is 3.94. The molecule has 0 saturated heterocycles. The van der Waals surface area contributed by atoms with Gasteiger partial charge >= 0.3 is 0 Å². The van der Waals surface area contributed by atoms with Crippen molar-refractivity contribution in [3.8, 4) is 5.75 Å². The van der Waals surface area contributed by atoms with Crippen LogP contribution in [0.15, 0.2) is 53.7 Å². The minimum absolute atomic E-state index is 0.220. The van der Waals surface area contributed by atoms with Gasteiger partial charge in [-0.3, -0.25) is 4.79 Å². The number of benzene rings is 2. The number of hydrogen-bond donors (Lipinski definition) is 1. The summed E-state index contributed by atoms with van der Waals surface area (Å²) in [6.07, 6.45) is 0.484. The van der Waals surface area contributed by atoms with Crippen molar-refractivity contribution in [2.24, 2.45) is 11.1 Å². The third-order valence-corrected chi connectivity index (χ3v) is 4.72. The number of para-hydroxylation sites is 1. The number of carbonyl (C=O) groups is 1. The molecule has 4 rings (SSSR count). The number of nitrogens with zero attached hydrogens (tertiary/aromatic N) is 1. The first-order valence-electron chi connectivity index (χ1n) is 7.31. The van der Waals surface area contributed by atoms with Crippen molar-refractivity contribution < 1.29 is 9.53 Å². The van der Waals surface area contributed by atoms with E-state index in [2.05, 4.69) is 10.5 Å². The minimum atomic E-state index is -1.01. The Bertz CT molecular complexity index is 793. The zero-order chi connectivity index (χ0) is 16.0. The Balaban J connectivity index is 1.62. The van der Waals surface area contributed by atoms with Gasteiger partial charge in [0.15, 0.2) is 5.60 Å². The van der Waals surface area contributed by atoms with Crippen LogP contribution in [-0.4, -0.2) is 11.5 Å². The zero-order valence-electron chi connectivity index (χ0n) is 12.0. The van der Waals surface area contributed by atoms with Gasteiger partial charge in [-0.05, 0) is 30.3 Å². The van der Waals surface area contributed by atoms with Gasteiger partial charge in [0.2, 0.25) is 0 Å². The monoisotopic (exact) mass is 328 g/mol. The molecule has 1 aliphatic carbocycles. The summed E-state index contributed by atoms with van der Waals surface area (Å²) in [5.41, 5.74) is 0.379. The molecule has 0 radical (unpaired) electrons. The molecule has 1 saturated carbocycles. The van der Waals surface area contributed by atoms with E-state index in [1.54, 1.807) is 30.3 Å². The van der Waals surface area contributed by atoms with Crippen molar-refractivity contribution in [3.05, 3.63) is 64.0 Å². The van der Waals surface area contributed by atoms with Crippen molar-refractivity contribution in [2.75, 3.05) is 5.32 Å². The number of nitrogens with one attached hydrogen (secondary N) is 1. The van der Waals surface area contributed by atoms with Gasteiger partial charge in [0.05, 0.1) is 0 Å². The van der Waals surface area contributed by atoms with Crippen LogP contribution < -0.4 is 10.1 Å². The average molecular weight is 329 g/mol. The molecular weight excluding hydrogens is 316 g/mol. The lowest BCUT2D eigenvalue weighted by Gasteiger charge is -2.27. The van der Waals surface area contributed by atoms with E-state index in [0.29, 0.717) is 22.9 Å². The van der Waals surface area contributed by atoms with E-state index in [-0.39, 0.29) is 11.8 Å². The Kier molecular flexibility index (Phi) is 3.13. The smallest absolute Gasteiger partial charge is 0.268 e. The number of rotatable bonds is 3. The Morgan fingerprint density at radius 3 is 2.70 bits per heavy atom. The van der Waals surface area contributed by atoms with Crippen LogP contribution in [0.5, 0.6) is 5.75 Å². The largest absolute Gasteiger partial charge is 0.477 e. The van der Waals surface area contributed by atoms with Crippen molar-refractivity contribution in [1.82, 2.24) is 0 Å². The summed E-state index contributed by atoms with van der Waals surface area (Å²) in [5.74, 6) is 0.0762. The fourth-order valence-electron chi connectivity index (χ4n) is 3.19. The lowest BCUT2D eigenvalue weighted by molar-refractivity contribution is -0.125. The number of amides is 1. The highest BCUT2D eigenvalue weighted by molar-refractivity contribution is 6.30. The highest BCUT2D eigenvalue weighted by Crippen LogP contribution is 2.60. The van der Waals surface area contributed by atoms with Gasteiger partial charge in [0, 0.05) is 28.6 Å². The van der Waals surface area contributed by atoms with Crippen LogP contribution >= 0.6 is 11.6 Å². The fourth-order valence-corrected chi connectivity index (χ4v) is 3.32. The van der Waals surface area contributed by atoms with E-state index in [0.717, 1.165) is 5.56 Å². The maximum atomic E-state index is 12.7. The van der Waals surface area contributed by atoms with Crippen LogP contribution in [-0.2, 0) is 4.79 Å².